The van der Waals surface area contributed by atoms with Crippen LogP contribution in [0.3, 0.4) is 0 Å². The number of thiophene rings is 1. The lowest BCUT2D eigenvalue weighted by atomic mass is 10.0. The number of benzene rings is 5. The molecule has 0 saturated carbocycles. The summed E-state index contributed by atoms with van der Waals surface area (Å²) in [4.78, 5) is 40.0. The first kappa shape index (κ1) is 30.5. The SMILES string of the molecule is Cc1ccc(/C=C/c2ccc(-c3ccc4c(c3)-c3nc-4nc4[nH]c(nc5nc(nc6[nH]c(n3)c3ccccc63)-c3ccccc3-5)c3ccccc43)s2)cc1. The summed E-state index contributed by atoms with van der Waals surface area (Å²) in [5.41, 5.74) is 9.85. The molecule has 0 fully saturated rings. The maximum absolute atomic E-state index is 5.22. The Morgan fingerprint density at radius 1 is 0.444 bits per heavy atom. The molecule has 9 heteroatoms. The van der Waals surface area contributed by atoms with Crippen molar-refractivity contribution in [2.45, 2.75) is 6.92 Å². The number of hydrogen-bond donors (Lipinski definition) is 2. The molecule has 0 aliphatic carbocycles. The van der Waals surface area contributed by atoms with Crippen molar-refractivity contribution in [3.63, 3.8) is 0 Å². The molecule has 2 aliphatic rings. The van der Waals surface area contributed by atoms with Gasteiger partial charge in [-0.1, -0.05) is 115 Å². The Morgan fingerprint density at radius 3 is 1.46 bits per heavy atom. The van der Waals surface area contributed by atoms with Gasteiger partial charge in [-0.25, -0.2) is 29.9 Å². The van der Waals surface area contributed by atoms with Gasteiger partial charge in [-0.05, 0) is 48.4 Å². The van der Waals surface area contributed by atoms with Crippen LogP contribution in [0, 0.1) is 6.92 Å². The minimum atomic E-state index is 0.576. The van der Waals surface area contributed by atoms with Gasteiger partial charge in [0.05, 0.1) is 0 Å². The summed E-state index contributed by atoms with van der Waals surface area (Å²) in [6, 6.07) is 43.7. The monoisotopic (exact) mass is 712 g/mol. The smallest absolute Gasteiger partial charge is 0.164 e. The van der Waals surface area contributed by atoms with Crippen LogP contribution < -0.4 is 0 Å². The van der Waals surface area contributed by atoms with E-state index in [0.717, 1.165) is 54.2 Å². The van der Waals surface area contributed by atoms with Crippen molar-refractivity contribution < 1.29 is 0 Å². The van der Waals surface area contributed by atoms with E-state index in [1.165, 1.54) is 16.0 Å². The Labute approximate surface area is 312 Å². The molecule has 5 aromatic carbocycles. The zero-order valence-corrected chi connectivity index (χ0v) is 29.7. The average Bonchev–Trinajstić information content (AvgIpc) is 4.03. The van der Waals surface area contributed by atoms with Gasteiger partial charge >= 0.3 is 0 Å². The van der Waals surface area contributed by atoms with Crippen LogP contribution in [0.4, 0.5) is 0 Å². The van der Waals surface area contributed by atoms with Crippen LogP contribution in [-0.4, -0.2) is 39.9 Å². The second kappa shape index (κ2) is 12.0. The van der Waals surface area contributed by atoms with Crippen LogP contribution >= 0.6 is 11.3 Å². The van der Waals surface area contributed by atoms with Gasteiger partial charge in [0.25, 0.3) is 0 Å². The molecular weight excluding hydrogens is 685 g/mol. The highest BCUT2D eigenvalue weighted by atomic mass is 32.1. The van der Waals surface area contributed by atoms with Crippen LogP contribution in [0.2, 0.25) is 0 Å². The first-order valence-electron chi connectivity index (χ1n) is 17.7. The second-order valence-electron chi connectivity index (χ2n) is 13.5. The van der Waals surface area contributed by atoms with Crippen molar-refractivity contribution in [1.29, 1.82) is 0 Å². The number of aryl methyl sites for hydroxylation is 1. The molecule has 0 radical (unpaired) electrons. The topological polar surface area (TPSA) is 109 Å². The highest BCUT2D eigenvalue weighted by Crippen LogP contribution is 2.40. The summed E-state index contributed by atoms with van der Waals surface area (Å²) >= 11 is 1.75. The molecule has 9 aromatic rings. The highest BCUT2D eigenvalue weighted by molar-refractivity contribution is 7.16. The van der Waals surface area contributed by atoms with E-state index in [0.29, 0.717) is 45.9 Å². The lowest BCUT2D eigenvalue weighted by Gasteiger charge is -2.03. The molecule has 11 rings (SSSR count). The fourth-order valence-corrected chi connectivity index (χ4v) is 8.16. The largest absolute Gasteiger partial charge is 0.324 e. The highest BCUT2D eigenvalue weighted by Gasteiger charge is 2.23. The van der Waals surface area contributed by atoms with Crippen LogP contribution in [0.15, 0.2) is 127 Å². The van der Waals surface area contributed by atoms with Gasteiger partial charge in [-0.3, -0.25) is 0 Å². The summed E-state index contributed by atoms with van der Waals surface area (Å²) in [5.74, 6) is 2.33. The summed E-state index contributed by atoms with van der Waals surface area (Å²) in [6.07, 6.45) is 4.33. The van der Waals surface area contributed by atoms with E-state index in [-0.39, 0.29) is 0 Å². The third kappa shape index (κ3) is 5.05. The van der Waals surface area contributed by atoms with E-state index in [2.05, 4.69) is 108 Å². The molecule has 0 atom stereocenters. The van der Waals surface area contributed by atoms with Crippen LogP contribution in [0.1, 0.15) is 16.0 Å². The number of nitrogens with zero attached hydrogens (tertiary/aromatic N) is 6. The van der Waals surface area contributed by atoms with Crippen molar-refractivity contribution >= 4 is 67.6 Å². The fourth-order valence-electron chi connectivity index (χ4n) is 7.25. The number of fused-ring (bicyclic) bond motifs is 20. The van der Waals surface area contributed by atoms with Gasteiger partial charge in [0.15, 0.2) is 23.3 Å². The summed E-state index contributed by atoms with van der Waals surface area (Å²) < 4.78 is 0. The number of aromatic nitrogens is 8. The number of H-pyrrole nitrogens is 2. The van der Waals surface area contributed by atoms with E-state index < -0.39 is 0 Å². The molecule has 8 bridgehead atoms. The predicted octanol–water partition coefficient (Wildman–Crippen LogP) is 11.1. The molecule has 6 heterocycles. The van der Waals surface area contributed by atoms with Crippen molar-refractivity contribution in [3.05, 3.63) is 143 Å². The van der Waals surface area contributed by atoms with Crippen LogP contribution in [0.5, 0.6) is 0 Å². The Morgan fingerprint density at radius 2 is 0.926 bits per heavy atom. The first-order chi connectivity index (χ1) is 26.6. The van der Waals surface area contributed by atoms with Crippen molar-refractivity contribution in [2.75, 3.05) is 0 Å². The fraction of sp³-hybridized carbons (Fsp3) is 0.0222. The number of aromatic amines is 2. The quantitative estimate of drug-likeness (QED) is 0.189. The third-order valence-electron chi connectivity index (χ3n) is 9.98. The summed E-state index contributed by atoms with van der Waals surface area (Å²) in [5, 5.41) is 3.77. The molecule has 8 nitrogen and oxygen atoms in total. The minimum Gasteiger partial charge on any atom is -0.324 e. The maximum Gasteiger partial charge on any atom is 0.164 e. The molecule has 0 unspecified atom stereocenters. The molecule has 54 heavy (non-hydrogen) atoms. The Hall–Kier alpha value is -7.10. The molecule has 2 N–H and O–H groups in total. The second-order valence-corrected chi connectivity index (χ2v) is 14.6. The Kier molecular flexibility index (Phi) is 6.77. The molecule has 4 aromatic heterocycles. The van der Waals surface area contributed by atoms with Crippen molar-refractivity contribution in [1.82, 2.24) is 39.9 Å². The minimum absolute atomic E-state index is 0.576. The molecule has 0 saturated heterocycles. The Balaban J connectivity index is 1.15. The van der Waals surface area contributed by atoms with E-state index >= 15 is 0 Å². The third-order valence-corrected chi connectivity index (χ3v) is 11.1. The van der Waals surface area contributed by atoms with E-state index in [1.54, 1.807) is 11.3 Å². The molecule has 0 amide bonds. The first-order valence-corrected chi connectivity index (χ1v) is 18.5. The predicted molar refractivity (Wildman–Crippen MR) is 219 cm³/mol. The van der Waals surface area contributed by atoms with E-state index in [9.17, 15) is 0 Å². The summed E-state index contributed by atoms with van der Waals surface area (Å²) in [6.45, 7) is 2.10. The van der Waals surface area contributed by atoms with Crippen molar-refractivity contribution in [2.24, 2.45) is 0 Å². The van der Waals surface area contributed by atoms with Gasteiger partial charge in [-0.15, -0.1) is 11.3 Å². The van der Waals surface area contributed by atoms with Crippen molar-refractivity contribution in [3.8, 4) is 56.0 Å². The van der Waals surface area contributed by atoms with Gasteiger partial charge in [0.1, 0.15) is 22.6 Å². The van der Waals surface area contributed by atoms with E-state index in [4.69, 9.17) is 29.9 Å². The lowest BCUT2D eigenvalue weighted by Crippen LogP contribution is -1.84. The molecule has 254 valence electrons. The van der Waals surface area contributed by atoms with Crippen LogP contribution in [0.25, 0.3) is 112 Å². The van der Waals surface area contributed by atoms with Crippen LogP contribution in [-0.2, 0) is 0 Å². The van der Waals surface area contributed by atoms with Gasteiger partial charge in [0, 0.05) is 53.6 Å². The number of hydrogen-bond acceptors (Lipinski definition) is 7. The standard InChI is InChI=1S/C45H28N8S/c1-25-14-16-26(17-15-25)18-20-28-21-23-37(54-28)27-19-22-35-36(24-27)45-52-43-34-13-7-6-12-33(34)41(50-43)48-39-30-9-3-2-8-29(30)38(46-39)47-40-31-10-4-5-11-32(31)42(49-40)51-44(35)53-45/h2-24H,1H3,(H2,46,47,48,49,50,51,52,53)/b20-18+. The number of nitrogens with one attached hydrogen (secondary N) is 2. The lowest BCUT2D eigenvalue weighted by molar-refractivity contribution is 1.19. The van der Waals surface area contributed by atoms with E-state index in [1.807, 2.05) is 48.5 Å². The van der Waals surface area contributed by atoms with Gasteiger partial charge in [0.2, 0.25) is 0 Å². The molecule has 0 spiro atoms. The maximum atomic E-state index is 5.22. The van der Waals surface area contributed by atoms with Gasteiger partial charge < -0.3 is 9.97 Å². The zero-order chi connectivity index (χ0) is 35.8. The number of rotatable bonds is 3. The normalized spacial score (nSPS) is 12.1. The summed E-state index contributed by atoms with van der Waals surface area (Å²) in [7, 11) is 0. The van der Waals surface area contributed by atoms with Gasteiger partial charge in [-0.2, -0.15) is 0 Å². The average molecular weight is 713 g/mol. The Bertz CT molecular complexity index is 3180. The molecule has 2 aliphatic heterocycles. The molecular formula is C45H28N8S. The zero-order valence-electron chi connectivity index (χ0n) is 28.9.